The lowest BCUT2D eigenvalue weighted by Gasteiger charge is -2.35. The van der Waals surface area contributed by atoms with Gasteiger partial charge in [-0.15, -0.1) is 11.3 Å². The Hall–Kier alpha value is -2.69. The molecule has 32 heavy (non-hydrogen) atoms. The maximum Gasteiger partial charge on any atom is 0.348 e. The molecule has 1 saturated carbocycles. The molecule has 3 rings (SSSR count). The van der Waals surface area contributed by atoms with E-state index in [4.69, 9.17) is 0 Å². The van der Waals surface area contributed by atoms with Gasteiger partial charge in [-0.05, 0) is 77.1 Å². The van der Waals surface area contributed by atoms with Gasteiger partial charge in [0.25, 0.3) is 5.91 Å². The first-order chi connectivity index (χ1) is 15.0. The third kappa shape index (κ3) is 5.56. The number of carboxylic acid groups (broad SMARTS) is 1. The summed E-state index contributed by atoms with van der Waals surface area (Å²) in [5, 5.41) is 19.8. The first-order valence-corrected chi connectivity index (χ1v) is 11.5. The van der Waals surface area contributed by atoms with Gasteiger partial charge < -0.3 is 15.1 Å². The number of rotatable bonds is 4. The number of carbonyl (C=O) groups is 2. The molecule has 170 valence electrons. The van der Waals surface area contributed by atoms with Gasteiger partial charge in [0, 0.05) is 11.5 Å². The molecule has 0 aliphatic heterocycles. The molecule has 0 unspecified atom stereocenters. The van der Waals surface area contributed by atoms with Crippen molar-refractivity contribution in [3.05, 3.63) is 51.0 Å². The molecule has 0 saturated heterocycles. The van der Waals surface area contributed by atoms with Crippen molar-refractivity contribution in [1.82, 2.24) is 0 Å². The van der Waals surface area contributed by atoms with Crippen LogP contribution in [-0.2, 0) is 0 Å². The van der Waals surface area contributed by atoms with Crippen LogP contribution >= 0.6 is 11.3 Å². The molecule has 1 aromatic heterocycles. The molecule has 1 aliphatic rings. The van der Waals surface area contributed by atoms with Crippen LogP contribution < -0.4 is 4.90 Å². The summed E-state index contributed by atoms with van der Waals surface area (Å²) in [5.74, 6) is 3.72. The number of carbonyl (C=O) groups excluding carboxylic acids is 1. The number of aromatic carboxylic acids is 1. The van der Waals surface area contributed by atoms with Crippen molar-refractivity contribution in [3.8, 4) is 11.8 Å². The number of carboxylic acids is 1. The number of nitrogens with zero attached hydrogens (tertiary/aromatic N) is 1. The Labute approximate surface area is 191 Å². The van der Waals surface area contributed by atoms with Gasteiger partial charge in [0.2, 0.25) is 0 Å². The number of thiophene rings is 1. The van der Waals surface area contributed by atoms with E-state index in [2.05, 4.69) is 11.8 Å². The monoisotopic (exact) mass is 457 g/mol. The number of halogens is 1. The van der Waals surface area contributed by atoms with E-state index in [0.29, 0.717) is 36.1 Å². The summed E-state index contributed by atoms with van der Waals surface area (Å²) in [6.07, 6.45) is 1.53. The second-order valence-corrected chi connectivity index (χ2v) is 10.3. The standard InChI is InChI=1S/C25H28FNO4S/c1-15-5-10-19(20(26)13-15)23(29)27(16-6-8-17(28)9-7-16)21-14-18(11-12-25(2,3)4)32-22(21)24(30)31/h5,10,13-14,16-17,28H,6-9H2,1-4H3,(H,30,31). The summed E-state index contributed by atoms with van der Waals surface area (Å²) in [6.45, 7) is 7.60. The van der Waals surface area contributed by atoms with Crippen LogP contribution in [0.4, 0.5) is 10.1 Å². The molecular weight excluding hydrogens is 429 g/mol. The first kappa shape index (κ1) is 24.0. The fraction of sp³-hybridized carbons (Fsp3) is 0.440. The molecule has 5 nitrogen and oxygen atoms in total. The largest absolute Gasteiger partial charge is 0.477 e. The fourth-order valence-corrected chi connectivity index (χ4v) is 4.58. The molecule has 1 fully saturated rings. The highest BCUT2D eigenvalue weighted by molar-refractivity contribution is 7.15. The quantitative estimate of drug-likeness (QED) is 0.616. The van der Waals surface area contributed by atoms with Crippen molar-refractivity contribution >= 4 is 28.9 Å². The lowest BCUT2D eigenvalue weighted by Crippen LogP contribution is -2.44. The molecule has 0 spiro atoms. The summed E-state index contributed by atoms with van der Waals surface area (Å²) in [6, 6.07) is 5.66. The Bertz CT molecular complexity index is 1080. The van der Waals surface area contributed by atoms with E-state index in [1.54, 1.807) is 19.1 Å². The predicted molar refractivity (Wildman–Crippen MR) is 124 cm³/mol. The molecule has 7 heteroatoms. The van der Waals surface area contributed by atoms with E-state index in [0.717, 1.165) is 11.3 Å². The van der Waals surface area contributed by atoms with Crippen LogP contribution in [-0.4, -0.2) is 34.2 Å². The Morgan fingerprint density at radius 3 is 2.38 bits per heavy atom. The summed E-state index contributed by atoms with van der Waals surface area (Å²) < 4.78 is 14.7. The Kier molecular flexibility index (Phi) is 7.06. The molecule has 0 radical (unpaired) electrons. The second kappa shape index (κ2) is 9.43. The summed E-state index contributed by atoms with van der Waals surface area (Å²) >= 11 is 1.01. The van der Waals surface area contributed by atoms with Gasteiger partial charge >= 0.3 is 5.97 Å². The molecule has 2 aromatic rings. The first-order valence-electron chi connectivity index (χ1n) is 10.6. The summed E-state index contributed by atoms with van der Waals surface area (Å²) in [7, 11) is 0. The number of amides is 1. The van der Waals surface area contributed by atoms with E-state index in [1.807, 2.05) is 20.8 Å². The number of aliphatic hydroxyl groups is 1. The van der Waals surface area contributed by atoms with Crippen molar-refractivity contribution < 1.29 is 24.2 Å². The molecule has 1 heterocycles. The second-order valence-electron chi connectivity index (χ2n) is 9.25. The smallest absolute Gasteiger partial charge is 0.348 e. The van der Waals surface area contributed by atoms with Crippen molar-refractivity contribution in [2.24, 2.45) is 5.41 Å². The maximum absolute atomic E-state index is 14.7. The number of hydrogen-bond donors (Lipinski definition) is 2. The molecule has 1 amide bonds. The van der Waals surface area contributed by atoms with Crippen molar-refractivity contribution in [3.63, 3.8) is 0 Å². The number of anilines is 1. The molecule has 0 atom stereocenters. The van der Waals surface area contributed by atoms with E-state index in [1.165, 1.54) is 17.0 Å². The van der Waals surface area contributed by atoms with E-state index >= 15 is 0 Å². The van der Waals surface area contributed by atoms with Crippen LogP contribution in [0.25, 0.3) is 0 Å². The topological polar surface area (TPSA) is 77.8 Å². The van der Waals surface area contributed by atoms with Gasteiger partial charge in [-0.3, -0.25) is 4.79 Å². The average molecular weight is 458 g/mol. The number of aliphatic hydroxyl groups excluding tert-OH is 1. The van der Waals surface area contributed by atoms with Gasteiger partial charge in [0.15, 0.2) is 0 Å². The summed E-state index contributed by atoms with van der Waals surface area (Å²) in [4.78, 5) is 27.5. The number of benzene rings is 1. The minimum atomic E-state index is -1.16. The SMILES string of the molecule is Cc1ccc(C(=O)N(c2cc(C#CC(C)(C)C)sc2C(=O)O)C2CCC(O)CC2)c(F)c1. The zero-order valence-electron chi connectivity index (χ0n) is 18.7. The number of hydrogen-bond acceptors (Lipinski definition) is 4. The van der Waals surface area contributed by atoms with Crippen LogP contribution in [0.2, 0.25) is 0 Å². The van der Waals surface area contributed by atoms with Crippen LogP contribution in [0.1, 0.15) is 76.9 Å². The molecule has 1 aliphatic carbocycles. The third-order valence-electron chi connectivity index (χ3n) is 5.33. The Morgan fingerprint density at radius 1 is 1.16 bits per heavy atom. The average Bonchev–Trinajstić information content (AvgIpc) is 3.12. The minimum absolute atomic E-state index is 0.00444. The van der Waals surface area contributed by atoms with Crippen LogP contribution in [0.15, 0.2) is 24.3 Å². The van der Waals surface area contributed by atoms with Crippen molar-refractivity contribution in [2.45, 2.75) is 65.5 Å². The van der Waals surface area contributed by atoms with Crippen molar-refractivity contribution in [2.75, 3.05) is 4.90 Å². The lowest BCUT2D eigenvalue weighted by molar-refractivity contribution is 0.0702. The third-order valence-corrected chi connectivity index (χ3v) is 6.36. The van der Waals surface area contributed by atoms with Gasteiger partial charge in [0.05, 0.1) is 22.2 Å². The number of aryl methyl sites for hydroxylation is 1. The van der Waals surface area contributed by atoms with E-state index in [9.17, 15) is 24.2 Å². The van der Waals surface area contributed by atoms with E-state index < -0.39 is 23.8 Å². The zero-order valence-corrected chi connectivity index (χ0v) is 19.6. The normalized spacial score (nSPS) is 18.6. The predicted octanol–water partition coefficient (Wildman–Crippen LogP) is 5.24. The maximum atomic E-state index is 14.7. The Morgan fingerprint density at radius 2 is 1.81 bits per heavy atom. The highest BCUT2D eigenvalue weighted by Crippen LogP contribution is 2.36. The minimum Gasteiger partial charge on any atom is -0.477 e. The van der Waals surface area contributed by atoms with Crippen molar-refractivity contribution in [1.29, 1.82) is 0 Å². The van der Waals surface area contributed by atoms with Gasteiger partial charge in [-0.2, -0.15) is 0 Å². The molecule has 0 bridgehead atoms. The van der Waals surface area contributed by atoms with Crippen LogP contribution in [0, 0.1) is 30.0 Å². The van der Waals surface area contributed by atoms with Gasteiger partial charge in [-0.1, -0.05) is 17.9 Å². The highest BCUT2D eigenvalue weighted by atomic mass is 32.1. The van der Waals surface area contributed by atoms with Crippen LogP contribution in [0.3, 0.4) is 0 Å². The fourth-order valence-electron chi connectivity index (χ4n) is 3.74. The molecular formula is C25H28FNO4S. The molecule has 2 N–H and O–H groups in total. The highest BCUT2D eigenvalue weighted by Gasteiger charge is 2.34. The summed E-state index contributed by atoms with van der Waals surface area (Å²) in [5.41, 5.74) is 0.541. The lowest BCUT2D eigenvalue weighted by atomic mass is 9.91. The van der Waals surface area contributed by atoms with Gasteiger partial charge in [-0.25, -0.2) is 9.18 Å². The zero-order chi connectivity index (χ0) is 23.6. The molecule has 1 aromatic carbocycles. The van der Waals surface area contributed by atoms with Gasteiger partial charge in [0.1, 0.15) is 10.7 Å². The van der Waals surface area contributed by atoms with E-state index in [-0.39, 0.29) is 27.6 Å². The Balaban J connectivity index is 2.12. The van der Waals surface area contributed by atoms with Crippen LogP contribution in [0.5, 0.6) is 0 Å².